The van der Waals surface area contributed by atoms with Gasteiger partial charge in [-0.2, -0.15) is 0 Å². The fraction of sp³-hybridized carbons (Fsp3) is 0.909. The predicted molar refractivity (Wildman–Crippen MR) is 60.0 cm³/mol. The highest BCUT2D eigenvalue weighted by Crippen LogP contribution is 2.07. The third kappa shape index (κ3) is 6.89. The molecule has 1 amide bonds. The van der Waals surface area contributed by atoms with Crippen molar-refractivity contribution in [1.29, 1.82) is 0 Å². The number of carbonyl (C=O) groups is 1. The molecule has 0 bridgehead atoms. The zero-order chi connectivity index (χ0) is 10.8. The van der Waals surface area contributed by atoms with E-state index < -0.39 is 0 Å². The molecule has 0 aliphatic heterocycles. The number of nitrogens with one attached hydrogen (secondary N) is 1. The summed E-state index contributed by atoms with van der Waals surface area (Å²) in [6, 6.07) is 0. The predicted octanol–water partition coefficient (Wildman–Crippen LogP) is 1.67. The van der Waals surface area contributed by atoms with Crippen molar-refractivity contribution in [2.24, 2.45) is 11.7 Å². The molecule has 0 heterocycles. The molecule has 0 rings (SSSR count). The van der Waals surface area contributed by atoms with E-state index in [4.69, 9.17) is 5.73 Å². The van der Waals surface area contributed by atoms with Crippen molar-refractivity contribution in [3.05, 3.63) is 0 Å². The highest BCUT2D eigenvalue weighted by molar-refractivity contribution is 5.78. The van der Waals surface area contributed by atoms with Crippen LogP contribution in [0.4, 0.5) is 0 Å². The van der Waals surface area contributed by atoms with Crippen molar-refractivity contribution in [2.45, 2.75) is 46.0 Å². The molecular weight excluding hydrogens is 176 g/mol. The third-order valence-corrected chi connectivity index (χ3v) is 2.37. The molecule has 0 saturated heterocycles. The molecule has 0 saturated carbocycles. The molecule has 1 unspecified atom stereocenters. The Morgan fingerprint density at radius 1 is 1.36 bits per heavy atom. The van der Waals surface area contributed by atoms with Crippen molar-refractivity contribution in [2.75, 3.05) is 13.1 Å². The first-order valence-electron chi connectivity index (χ1n) is 5.70. The summed E-state index contributed by atoms with van der Waals surface area (Å²) in [5, 5.41) is 2.94. The molecule has 14 heavy (non-hydrogen) atoms. The SMILES string of the molecule is CCCCNC(=O)C(C)CCCCN. The standard InChI is InChI=1S/C11H24N2O/c1-3-4-9-13-11(14)10(2)7-5-6-8-12/h10H,3-9,12H2,1-2H3,(H,13,14). The monoisotopic (exact) mass is 200 g/mol. The molecule has 0 aliphatic rings. The molecule has 0 spiro atoms. The van der Waals surface area contributed by atoms with E-state index in [1.807, 2.05) is 6.92 Å². The maximum atomic E-state index is 11.5. The molecule has 1 atom stereocenters. The van der Waals surface area contributed by atoms with Crippen LogP contribution in [0.5, 0.6) is 0 Å². The summed E-state index contributed by atoms with van der Waals surface area (Å²) in [4.78, 5) is 11.5. The van der Waals surface area contributed by atoms with Crippen LogP contribution >= 0.6 is 0 Å². The molecule has 0 aromatic heterocycles. The van der Waals surface area contributed by atoms with Crippen molar-refractivity contribution in [3.8, 4) is 0 Å². The number of rotatable bonds is 8. The molecule has 0 aromatic rings. The van der Waals surface area contributed by atoms with Crippen molar-refractivity contribution >= 4 is 5.91 Å². The van der Waals surface area contributed by atoms with Crippen LogP contribution in [-0.2, 0) is 4.79 Å². The van der Waals surface area contributed by atoms with Gasteiger partial charge in [0.1, 0.15) is 0 Å². The van der Waals surface area contributed by atoms with Gasteiger partial charge in [0, 0.05) is 12.5 Å². The quantitative estimate of drug-likeness (QED) is 0.586. The second kappa shape index (κ2) is 9.00. The molecule has 0 aliphatic carbocycles. The van der Waals surface area contributed by atoms with Crippen LogP contribution in [0.2, 0.25) is 0 Å². The average Bonchev–Trinajstić information content (AvgIpc) is 2.18. The number of hydrogen-bond acceptors (Lipinski definition) is 2. The minimum Gasteiger partial charge on any atom is -0.356 e. The number of amides is 1. The lowest BCUT2D eigenvalue weighted by Crippen LogP contribution is -2.30. The van der Waals surface area contributed by atoms with E-state index in [-0.39, 0.29) is 11.8 Å². The molecule has 0 radical (unpaired) electrons. The van der Waals surface area contributed by atoms with E-state index >= 15 is 0 Å². The smallest absolute Gasteiger partial charge is 0.222 e. The first-order valence-corrected chi connectivity index (χ1v) is 5.70. The molecule has 3 heteroatoms. The lowest BCUT2D eigenvalue weighted by Gasteiger charge is -2.11. The number of unbranched alkanes of at least 4 members (excludes halogenated alkanes) is 2. The summed E-state index contributed by atoms with van der Waals surface area (Å²) < 4.78 is 0. The summed E-state index contributed by atoms with van der Waals surface area (Å²) in [6.45, 7) is 5.65. The van der Waals surface area contributed by atoms with Crippen molar-refractivity contribution in [3.63, 3.8) is 0 Å². The molecular formula is C11H24N2O. The number of hydrogen-bond donors (Lipinski definition) is 2. The largest absolute Gasteiger partial charge is 0.356 e. The average molecular weight is 200 g/mol. The van der Waals surface area contributed by atoms with Crippen LogP contribution in [0.1, 0.15) is 46.0 Å². The van der Waals surface area contributed by atoms with Gasteiger partial charge in [0.15, 0.2) is 0 Å². The Bertz CT molecular complexity index is 148. The van der Waals surface area contributed by atoms with E-state index in [1.165, 1.54) is 0 Å². The van der Waals surface area contributed by atoms with Crippen LogP contribution < -0.4 is 11.1 Å². The first-order chi connectivity index (χ1) is 6.72. The van der Waals surface area contributed by atoms with Gasteiger partial charge in [0.05, 0.1) is 0 Å². The molecule has 3 N–H and O–H groups in total. The van der Waals surface area contributed by atoms with Crippen LogP contribution in [0.3, 0.4) is 0 Å². The van der Waals surface area contributed by atoms with E-state index in [0.717, 1.165) is 45.2 Å². The second-order valence-electron chi connectivity index (χ2n) is 3.83. The Labute approximate surface area is 87.4 Å². The van der Waals surface area contributed by atoms with Gasteiger partial charge in [0.25, 0.3) is 0 Å². The highest BCUT2D eigenvalue weighted by atomic mass is 16.1. The Morgan fingerprint density at radius 2 is 2.07 bits per heavy atom. The zero-order valence-corrected chi connectivity index (χ0v) is 9.51. The summed E-state index contributed by atoms with van der Waals surface area (Å²) in [7, 11) is 0. The van der Waals surface area contributed by atoms with Gasteiger partial charge in [0.2, 0.25) is 5.91 Å². The van der Waals surface area contributed by atoms with Crippen molar-refractivity contribution in [1.82, 2.24) is 5.32 Å². The Kier molecular flexibility index (Phi) is 8.64. The topological polar surface area (TPSA) is 55.1 Å². The maximum Gasteiger partial charge on any atom is 0.222 e. The summed E-state index contributed by atoms with van der Waals surface area (Å²) in [5.74, 6) is 0.328. The van der Waals surface area contributed by atoms with Gasteiger partial charge in [-0.25, -0.2) is 0 Å². The first kappa shape index (κ1) is 13.4. The Hall–Kier alpha value is -0.570. The minimum atomic E-state index is 0.137. The van der Waals surface area contributed by atoms with Gasteiger partial charge in [-0.3, -0.25) is 4.79 Å². The van der Waals surface area contributed by atoms with Gasteiger partial charge in [-0.15, -0.1) is 0 Å². The van der Waals surface area contributed by atoms with E-state index in [0.29, 0.717) is 0 Å². The van der Waals surface area contributed by atoms with Crippen LogP contribution in [0.15, 0.2) is 0 Å². The van der Waals surface area contributed by atoms with Crippen LogP contribution in [0, 0.1) is 5.92 Å². The van der Waals surface area contributed by atoms with Gasteiger partial charge >= 0.3 is 0 Å². The second-order valence-corrected chi connectivity index (χ2v) is 3.83. The Morgan fingerprint density at radius 3 is 2.64 bits per heavy atom. The Balaban J connectivity index is 3.44. The third-order valence-electron chi connectivity index (χ3n) is 2.37. The van der Waals surface area contributed by atoms with Crippen LogP contribution in [-0.4, -0.2) is 19.0 Å². The van der Waals surface area contributed by atoms with Crippen LogP contribution in [0.25, 0.3) is 0 Å². The normalized spacial score (nSPS) is 12.5. The zero-order valence-electron chi connectivity index (χ0n) is 9.51. The lowest BCUT2D eigenvalue weighted by atomic mass is 10.0. The highest BCUT2D eigenvalue weighted by Gasteiger charge is 2.10. The number of nitrogens with two attached hydrogens (primary N) is 1. The van der Waals surface area contributed by atoms with Crippen molar-refractivity contribution < 1.29 is 4.79 Å². The fourth-order valence-electron chi connectivity index (χ4n) is 1.29. The van der Waals surface area contributed by atoms with E-state index in [9.17, 15) is 4.79 Å². The minimum absolute atomic E-state index is 0.137. The van der Waals surface area contributed by atoms with E-state index in [2.05, 4.69) is 12.2 Å². The van der Waals surface area contributed by atoms with Gasteiger partial charge < -0.3 is 11.1 Å². The maximum absolute atomic E-state index is 11.5. The molecule has 84 valence electrons. The van der Waals surface area contributed by atoms with E-state index in [1.54, 1.807) is 0 Å². The van der Waals surface area contributed by atoms with Gasteiger partial charge in [-0.05, 0) is 25.8 Å². The summed E-state index contributed by atoms with van der Waals surface area (Å²) in [6.07, 6.45) is 5.23. The molecule has 0 fully saturated rings. The molecule has 3 nitrogen and oxygen atoms in total. The summed E-state index contributed by atoms with van der Waals surface area (Å²) in [5.41, 5.74) is 5.39. The van der Waals surface area contributed by atoms with Gasteiger partial charge in [-0.1, -0.05) is 26.7 Å². The number of carbonyl (C=O) groups excluding carboxylic acids is 1. The summed E-state index contributed by atoms with van der Waals surface area (Å²) >= 11 is 0. The fourth-order valence-corrected chi connectivity index (χ4v) is 1.29. The lowest BCUT2D eigenvalue weighted by molar-refractivity contribution is -0.124. The molecule has 0 aromatic carbocycles.